The van der Waals surface area contributed by atoms with E-state index in [9.17, 15) is 0 Å². The summed E-state index contributed by atoms with van der Waals surface area (Å²) < 4.78 is 5.09. The number of nitrogens with two attached hydrogens (primary N) is 1. The second-order valence-electron chi connectivity index (χ2n) is 4.39. The zero-order valence-corrected chi connectivity index (χ0v) is 11.4. The molecule has 0 aromatic carbocycles. The number of rotatable bonds is 6. The molecule has 0 aliphatic heterocycles. The number of nitrogens with one attached hydrogen (secondary N) is 1. The number of nitrogen functional groups attached to an aromatic ring is 1. The van der Waals surface area contributed by atoms with Gasteiger partial charge in [-0.2, -0.15) is 0 Å². The smallest absolute Gasteiger partial charge is 0.226 e. The van der Waals surface area contributed by atoms with Crippen LogP contribution in [-0.2, 0) is 4.74 Å². The number of aryl methyl sites for hydroxylation is 1. The number of hydrogen-bond acceptors (Lipinski definition) is 5. The molecule has 0 aliphatic rings. The van der Waals surface area contributed by atoms with Gasteiger partial charge in [0.05, 0.1) is 6.61 Å². The molecule has 100 valence electrons. The van der Waals surface area contributed by atoms with E-state index in [1.165, 1.54) is 0 Å². The minimum absolute atomic E-state index is 0.0443. The van der Waals surface area contributed by atoms with E-state index in [4.69, 9.17) is 15.9 Å². The minimum atomic E-state index is -0.0443. The summed E-state index contributed by atoms with van der Waals surface area (Å²) >= 11 is 0. The van der Waals surface area contributed by atoms with Crippen molar-refractivity contribution in [1.29, 1.82) is 5.41 Å². The van der Waals surface area contributed by atoms with E-state index in [2.05, 4.69) is 23.8 Å². The molecule has 0 bridgehead atoms. The standard InChI is InChI=1S/C12H21N5O/c1-8(2)17(5-6-18-4)12-15-9(3)7-10(16-12)11(13)14/h7-8H,5-6H2,1-4H3,(H3,13,14). The van der Waals surface area contributed by atoms with Crippen LogP contribution in [0.2, 0.25) is 0 Å². The van der Waals surface area contributed by atoms with Crippen LogP contribution in [0, 0.1) is 12.3 Å². The highest BCUT2D eigenvalue weighted by Gasteiger charge is 2.15. The van der Waals surface area contributed by atoms with Crippen molar-refractivity contribution in [3.63, 3.8) is 0 Å². The van der Waals surface area contributed by atoms with E-state index in [1.807, 2.05) is 11.8 Å². The monoisotopic (exact) mass is 251 g/mol. The van der Waals surface area contributed by atoms with Gasteiger partial charge >= 0.3 is 0 Å². The van der Waals surface area contributed by atoms with Crippen molar-refractivity contribution in [1.82, 2.24) is 9.97 Å². The first kappa shape index (κ1) is 14.4. The summed E-state index contributed by atoms with van der Waals surface area (Å²) in [5, 5.41) is 7.46. The molecular weight excluding hydrogens is 230 g/mol. The van der Waals surface area contributed by atoms with Crippen LogP contribution in [0.5, 0.6) is 0 Å². The Hall–Kier alpha value is -1.69. The highest BCUT2D eigenvalue weighted by molar-refractivity contribution is 5.93. The van der Waals surface area contributed by atoms with Gasteiger partial charge in [0.1, 0.15) is 11.5 Å². The summed E-state index contributed by atoms with van der Waals surface area (Å²) in [6, 6.07) is 1.96. The van der Waals surface area contributed by atoms with Crippen LogP contribution in [0.3, 0.4) is 0 Å². The van der Waals surface area contributed by atoms with Crippen molar-refractivity contribution in [2.75, 3.05) is 25.2 Å². The fourth-order valence-electron chi connectivity index (χ4n) is 1.60. The number of hydrogen-bond donors (Lipinski definition) is 2. The maximum atomic E-state index is 7.46. The maximum Gasteiger partial charge on any atom is 0.226 e. The lowest BCUT2D eigenvalue weighted by Gasteiger charge is -2.26. The van der Waals surface area contributed by atoms with Gasteiger partial charge in [0.2, 0.25) is 5.95 Å². The number of ether oxygens (including phenoxy) is 1. The molecule has 0 saturated heterocycles. The summed E-state index contributed by atoms with van der Waals surface area (Å²) in [5.74, 6) is 0.546. The second kappa shape index (κ2) is 6.30. The Kier molecular flexibility index (Phi) is 5.03. The third-order valence-corrected chi connectivity index (χ3v) is 2.53. The molecule has 0 unspecified atom stereocenters. The molecule has 1 aromatic rings. The highest BCUT2D eigenvalue weighted by Crippen LogP contribution is 2.13. The number of anilines is 1. The van der Waals surface area contributed by atoms with Gasteiger partial charge in [0.25, 0.3) is 0 Å². The molecule has 0 atom stereocenters. The van der Waals surface area contributed by atoms with Crippen LogP contribution in [-0.4, -0.2) is 42.1 Å². The average molecular weight is 251 g/mol. The number of amidine groups is 1. The minimum Gasteiger partial charge on any atom is -0.383 e. The Morgan fingerprint density at radius 2 is 2.17 bits per heavy atom. The Morgan fingerprint density at radius 1 is 1.50 bits per heavy atom. The van der Waals surface area contributed by atoms with Crippen molar-refractivity contribution in [3.05, 3.63) is 17.5 Å². The predicted molar refractivity (Wildman–Crippen MR) is 72.1 cm³/mol. The van der Waals surface area contributed by atoms with Crippen LogP contribution < -0.4 is 10.6 Å². The van der Waals surface area contributed by atoms with Crippen molar-refractivity contribution in [3.8, 4) is 0 Å². The van der Waals surface area contributed by atoms with Gasteiger partial charge in [-0.1, -0.05) is 0 Å². The summed E-state index contributed by atoms with van der Waals surface area (Å²) in [5.41, 5.74) is 6.74. The predicted octanol–water partition coefficient (Wildman–Crippen LogP) is 0.930. The summed E-state index contributed by atoms with van der Waals surface area (Å²) in [7, 11) is 1.66. The molecule has 18 heavy (non-hydrogen) atoms. The average Bonchev–Trinajstić information content (AvgIpc) is 2.28. The first-order valence-corrected chi connectivity index (χ1v) is 5.91. The van der Waals surface area contributed by atoms with Gasteiger partial charge in [-0.15, -0.1) is 0 Å². The van der Waals surface area contributed by atoms with Crippen LogP contribution in [0.4, 0.5) is 5.95 Å². The van der Waals surface area contributed by atoms with Crippen molar-refractivity contribution in [2.24, 2.45) is 5.73 Å². The quantitative estimate of drug-likeness (QED) is 0.580. The lowest BCUT2D eigenvalue weighted by atomic mass is 10.3. The molecule has 0 radical (unpaired) electrons. The lowest BCUT2D eigenvalue weighted by molar-refractivity contribution is 0.203. The molecular formula is C12H21N5O. The molecule has 6 nitrogen and oxygen atoms in total. The van der Waals surface area contributed by atoms with Gasteiger partial charge < -0.3 is 15.4 Å². The van der Waals surface area contributed by atoms with Crippen molar-refractivity contribution in [2.45, 2.75) is 26.8 Å². The van der Waals surface area contributed by atoms with Crippen molar-refractivity contribution < 1.29 is 4.74 Å². The second-order valence-corrected chi connectivity index (χ2v) is 4.39. The van der Waals surface area contributed by atoms with E-state index in [0.717, 1.165) is 5.69 Å². The van der Waals surface area contributed by atoms with Gasteiger partial charge in [0, 0.05) is 25.4 Å². The number of aromatic nitrogens is 2. The van der Waals surface area contributed by atoms with E-state index in [1.54, 1.807) is 13.2 Å². The summed E-state index contributed by atoms with van der Waals surface area (Å²) in [6.45, 7) is 7.30. The molecule has 0 saturated carbocycles. The SMILES string of the molecule is COCCN(c1nc(C)cc(C(=N)N)n1)C(C)C. The van der Waals surface area contributed by atoms with Crippen LogP contribution in [0.15, 0.2) is 6.07 Å². The molecule has 0 amide bonds. The zero-order chi connectivity index (χ0) is 13.7. The van der Waals surface area contributed by atoms with E-state index >= 15 is 0 Å². The third kappa shape index (κ3) is 3.66. The Balaban J connectivity index is 3.07. The highest BCUT2D eigenvalue weighted by atomic mass is 16.5. The van der Waals surface area contributed by atoms with Gasteiger partial charge in [-0.25, -0.2) is 9.97 Å². The molecule has 0 fully saturated rings. The molecule has 0 aliphatic carbocycles. The maximum absolute atomic E-state index is 7.46. The largest absolute Gasteiger partial charge is 0.383 e. The third-order valence-electron chi connectivity index (χ3n) is 2.53. The molecule has 1 aromatic heterocycles. The van der Waals surface area contributed by atoms with Crippen molar-refractivity contribution >= 4 is 11.8 Å². The zero-order valence-electron chi connectivity index (χ0n) is 11.4. The Labute approximate surface area is 108 Å². The Bertz CT molecular complexity index is 419. The molecule has 0 spiro atoms. The number of methoxy groups -OCH3 is 1. The fraction of sp³-hybridized carbons (Fsp3) is 0.583. The Morgan fingerprint density at radius 3 is 2.67 bits per heavy atom. The molecule has 1 heterocycles. The van der Waals surface area contributed by atoms with Gasteiger partial charge in [-0.3, -0.25) is 5.41 Å². The van der Waals surface area contributed by atoms with Crippen LogP contribution >= 0.6 is 0 Å². The summed E-state index contributed by atoms with van der Waals surface area (Å²) in [4.78, 5) is 10.7. The topological polar surface area (TPSA) is 88.1 Å². The first-order valence-electron chi connectivity index (χ1n) is 5.91. The van der Waals surface area contributed by atoms with Gasteiger partial charge in [0.15, 0.2) is 0 Å². The summed E-state index contributed by atoms with van der Waals surface area (Å²) in [6.07, 6.45) is 0. The molecule has 1 rings (SSSR count). The van der Waals surface area contributed by atoms with E-state index in [0.29, 0.717) is 24.8 Å². The molecule has 3 N–H and O–H groups in total. The first-order chi connectivity index (χ1) is 8.45. The van der Waals surface area contributed by atoms with E-state index < -0.39 is 0 Å². The van der Waals surface area contributed by atoms with E-state index in [-0.39, 0.29) is 11.9 Å². The fourth-order valence-corrected chi connectivity index (χ4v) is 1.60. The van der Waals surface area contributed by atoms with Gasteiger partial charge in [-0.05, 0) is 26.8 Å². The normalized spacial score (nSPS) is 10.7. The van der Waals surface area contributed by atoms with Crippen LogP contribution in [0.1, 0.15) is 25.2 Å². The molecule has 6 heteroatoms. The van der Waals surface area contributed by atoms with Crippen LogP contribution in [0.25, 0.3) is 0 Å². The lowest BCUT2D eigenvalue weighted by Crippen LogP contribution is -2.36. The number of nitrogens with zero attached hydrogens (tertiary/aromatic N) is 3.